The zero-order valence-electron chi connectivity index (χ0n) is 10.7. The highest BCUT2D eigenvalue weighted by molar-refractivity contribution is 4.82. The highest BCUT2D eigenvalue weighted by Crippen LogP contribution is 2.34. The number of aliphatic hydroxyl groups excluding tert-OH is 1. The number of likely N-dealkylation sites (N-methyl/N-ethyl adjacent to an activating group) is 2. The topological polar surface area (TPSA) is 26.7 Å². The van der Waals surface area contributed by atoms with Crippen molar-refractivity contribution in [2.75, 3.05) is 33.7 Å². The Bertz CT molecular complexity index is 218. The standard InChI is InChI=1S/C13H26N2O/c1-14-7-8-15(2)12(10-14)9-13(16)6-5-11-3-4-11/h11-13,16H,3-10H2,1-2H3. The monoisotopic (exact) mass is 226 g/mol. The average molecular weight is 226 g/mol. The van der Waals surface area contributed by atoms with E-state index in [0.29, 0.717) is 6.04 Å². The van der Waals surface area contributed by atoms with Crippen LogP contribution in [-0.2, 0) is 0 Å². The highest BCUT2D eigenvalue weighted by atomic mass is 16.3. The van der Waals surface area contributed by atoms with Gasteiger partial charge in [-0.2, -0.15) is 0 Å². The van der Waals surface area contributed by atoms with Gasteiger partial charge in [-0.1, -0.05) is 12.8 Å². The van der Waals surface area contributed by atoms with Crippen molar-refractivity contribution in [3.05, 3.63) is 0 Å². The minimum absolute atomic E-state index is 0.0838. The van der Waals surface area contributed by atoms with Crippen molar-refractivity contribution in [1.82, 2.24) is 9.80 Å². The summed E-state index contributed by atoms with van der Waals surface area (Å²) in [5.41, 5.74) is 0. The Morgan fingerprint density at radius 2 is 2.00 bits per heavy atom. The van der Waals surface area contributed by atoms with Gasteiger partial charge >= 0.3 is 0 Å². The van der Waals surface area contributed by atoms with Gasteiger partial charge in [0.15, 0.2) is 0 Å². The van der Waals surface area contributed by atoms with Gasteiger partial charge in [-0.25, -0.2) is 0 Å². The number of aliphatic hydroxyl groups is 1. The van der Waals surface area contributed by atoms with E-state index in [4.69, 9.17) is 0 Å². The van der Waals surface area contributed by atoms with E-state index in [-0.39, 0.29) is 6.10 Å². The van der Waals surface area contributed by atoms with Gasteiger partial charge in [0, 0.05) is 25.7 Å². The molecule has 2 aliphatic rings. The van der Waals surface area contributed by atoms with Gasteiger partial charge in [-0.3, -0.25) is 0 Å². The first-order chi connectivity index (χ1) is 7.65. The third-order valence-corrected chi connectivity index (χ3v) is 4.13. The number of piperazine rings is 1. The van der Waals surface area contributed by atoms with Crippen molar-refractivity contribution in [1.29, 1.82) is 0 Å². The molecule has 1 saturated carbocycles. The van der Waals surface area contributed by atoms with Crippen molar-refractivity contribution in [2.45, 2.75) is 44.2 Å². The molecule has 2 unspecified atom stereocenters. The molecule has 16 heavy (non-hydrogen) atoms. The number of hydrogen-bond donors (Lipinski definition) is 1. The van der Waals surface area contributed by atoms with E-state index in [1.807, 2.05) is 0 Å². The molecule has 0 radical (unpaired) electrons. The van der Waals surface area contributed by atoms with Crippen molar-refractivity contribution < 1.29 is 5.11 Å². The second-order valence-corrected chi connectivity index (χ2v) is 5.81. The minimum atomic E-state index is -0.0838. The van der Waals surface area contributed by atoms with E-state index in [9.17, 15) is 5.11 Å². The number of rotatable bonds is 5. The molecule has 0 bridgehead atoms. The van der Waals surface area contributed by atoms with Crippen LogP contribution in [0, 0.1) is 5.92 Å². The lowest BCUT2D eigenvalue weighted by Gasteiger charge is -2.38. The van der Waals surface area contributed by atoms with Crippen LogP contribution in [0.4, 0.5) is 0 Å². The fourth-order valence-electron chi connectivity index (χ4n) is 2.62. The maximum atomic E-state index is 10.0. The van der Waals surface area contributed by atoms with E-state index in [1.165, 1.54) is 19.3 Å². The normalized spacial score (nSPS) is 30.6. The van der Waals surface area contributed by atoms with Crippen LogP contribution in [0.25, 0.3) is 0 Å². The Labute approximate surface area is 99.4 Å². The van der Waals surface area contributed by atoms with Gasteiger partial charge < -0.3 is 14.9 Å². The number of hydrogen-bond acceptors (Lipinski definition) is 3. The van der Waals surface area contributed by atoms with Gasteiger partial charge in [-0.15, -0.1) is 0 Å². The molecule has 1 heterocycles. The van der Waals surface area contributed by atoms with Gasteiger partial charge in [0.2, 0.25) is 0 Å². The SMILES string of the molecule is CN1CCN(C)C(CC(O)CCC2CC2)C1. The van der Waals surface area contributed by atoms with Crippen molar-refractivity contribution in [3.8, 4) is 0 Å². The summed E-state index contributed by atoms with van der Waals surface area (Å²) in [6.07, 6.45) is 5.93. The molecule has 2 atom stereocenters. The lowest BCUT2D eigenvalue weighted by molar-refractivity contribution is 0.0591. The molecule has 3 nitrogen and oxygen atoms in total. The van der Waals surface area contributed by atoms with E-state index in [1.54, 1.807) is 0 Å². The Kier molecular flexibility index (Phi) is 4.22. The Balaban J connectivity index is 1.68. The molecule has 3 heteroatoms. The summed E-state index contributed by atoms with van der Waals surface area (Å²) < 4.78 is 0. The van der Waals surface area contributed by atoms with Crippen LogP contribution in [0.5, 0.6) is 0 Å². The van der Waals surface area contributed by atoms with Crippen LogP contribution < -0.4 is 0 Å². The van der Waals surface area contributed by atoms with Crippen LogP contribution in [0.1, 0.15) is 32.1 Å². The van der Waals surface area contributed by atoms with Crippen molar-refractivity contribution >= 4 is 0 Å². The summed E-state index contributed by atoms with van der Waals surface area (Å²) in [7, 11) is 4.36. The molecule has 1 aliphatic carbocycles. The predicted molar refractivity (Wildman–Crippen MR) is 66.5 cm³/mol. The van der Waals surface area contributed by atoms with Crippen LogP contribution in [-0.4, -0.2) is 60.8 Å². The van der Waals surface area contributed by atoms with Crippen LogP contribution in [0.15, 0.2) is 0 Å². The summed E-state index contributed by atoms with van der Waals surface area (Å²) >= 11 is 0. The first-order valence-electron chi connectivity index (χ1n) is 6.72. The molecule has 0 spiro atoms. The molecule has 1 saturated heterocycles. The van der Waals surface area contributed by atoms with Gasteiger partial charge in [0.1, 0.15) is 0 Å². The van der Waals surface area contributed by atoms with Crippen LogP contribution in [0.2, 0.25) is 0 Å². The average Bonchev–Trinajstić information content (AvgIpc) is 3.04. The third-order valence-electron chi connectivity index (χ3n) is 4.13. The van der Waals surface area contributed by atoms with Crippen molar-refractivity contribution in [2.24, 2.45) is 5.92 Å². The summed E-state index contributed by atoms with van der Waals surface area (Å²) in [5.74, 6) is 0.946. The van der Waals surface area contributed by atoms with Crippen LogP contribution in [0.3, 0.4) is 0 Å². The highest BCUT2D eigenvalue weighted by Gasteiger charge is 2.26. The van der Waals surface area contributed by atoms with E-state index in [0.717, 1.165) is 38.4 Å². The van der Waals surface area contributed by atoms with E-state index in [2.05, 4.69) is 23.9 Å². The zero-order valence-corrected chi connectivity index (χ0v) is 10.7. The molecule has 0 amide bonds. The number of nitrogens with zero attached hydrogens (tertiary/aromatic N) is 2. The Hall–Kier alpha value is -0.120. The summed E-state index contributed by atoms with van der Waals surface area (Å²) in [5, 5.41) is 10.0. The first-order valence-corrected chi connectivity index (χ1v) is 6.72. The Morgan fingerprint density at radius 3 is 2.69 bits per heavy atom. The van der Waals surface area contributed by atoms with E-state index < -0.39 is 0 Å². The molecular weight excluding hydrogens is 200 g/mol. The summed E-state index contributed by atoms with van der Waals surface area (Å²) in [6.45, 7) is 3.40. The lowest BCUT2D eigenvalue weighted by Crippen LogP contribution is -2.50. The smallest absolute Gasteiger partial charge is 0.0555 e. The molecule has 94 valence electrons. The van der Waals surface area contributed by atoms with Crippen molar-refractivity contribution in [3.63, 3.8) is 0 Å². The molecule has 0 aromatic rings. The Morgan fingerprint density at radius 1 is 1.25 bits per heavy atom. The molecule has 1 aliphatic heterocycles. The summed E-state index contributed by atoms with van der Waals surface area (Å²) in [6, 6.07) is 0.549. The second-order valence-electron chi connectivity index (χ2n) is 5.81. The fraction of sp³-hybridized carbons (Fsp3) is 1.00. The molecular formula is C13H26N2O. The maximum absolute atomic E-state index is 10.0. The largest absolute Gasteiger partial charge is 0.393 e. The lowest BCUT2D eigenvalue weighted by atomic mass is 10.0. The molecule has 1 N–H and O–H groups in total. The molecule has 2 fully saturated rings. The third kappa shape index (κ3) is 3.72. The zero-order chi connectivity index (χ0) is 11.5. The summed E-state index contributed by atoms with van der Waals surface area (Å²) in [4.78, 5) is 4.78. The molecule has 2 rings (SSSR count). The second kappa shape index (κ2) is 5.48. The van der Waals surface area contributed by atoms with Gasteiger partial charge in [0.25, 0.3) is 0 Å². The van der Waals surface area contributed by atoms with Gasteiger partial charge in [-0.05, 0) is 39.3 Å². The van der Waals surface area contributed by atoms with Crippen LogP contribution >= 0.6 is 0 Å². The fourth-order valence-corrected chi connectivity index (χ4v) is 2.62. The van der Waals surface area contributed by atoms with Gasteiger partial charge in [0.05, 0.1) is 6.10 Å². The molecule has 0 aromatic heterocycles. The minimum Gasteiger partial charge on any atom is -0.393 e. The first kappa shape index (κ1) is 12.3. The predicted octanol–water partition coefficient (Wildman–Crippen LogP) is 1.17. The quantitative estimate of drug-likeness (QED) is 0.762. The maximum Gasteiger partial charge on any atom is 0.0555 e. The van der Waals surface area contributed by atoms with E-state index >= 15 is 0 Å². The molecule has 0 aromatic carbocycles.